The lowest BCUT2D eigenvalue weighted by Gasteiger charge is -2.16. The zero-order chi connectivity index (χ0) is 14.3. The van der Waals surface area contributed by atoms with Gasteiger partial charge in [-0.15, -0.1) is 0 Å². The molecule has 106 valence electrons. The molecule has 2 amide bonds. The maximum Gasteiger partial charge on any atom is 0.326 e. The van der Waals surface area contributed by atoms with Crippen LogP contribution in [0.4, 0.5) is 4.79 Å². The van der Waals surface area contributed by atoms with E-state index in [0.29, 0.717) is 6.42 Å². The molecule has 0 saturated heterocycles. The molecule has 0 spiro atoms. The van der Waals surface area contributed by atoms with Crippen molar-refractivity contribution in [2.75, 3.05) is 18.6 Å². The Balaban J connectivity index is 4.15. The Morgan fingerprint density at radius 2 is 1.83 bits per heavy atom. The van der Waals surface area contributed by atoms with Gasteiger partial charge in [0.25, 0.3) is 0 Å². The molecule has 7 nitrogen and oxygen atoms in total. The van der Waals surface area contributed by atoms with Gasteiger partial charge in [0.05, 0.1) is 5.75 Å². The number of sulfone groups is 1. The van der Waals surface area contributed by atoms with Gasteiger partial charge in [-0.25, -0.2) is 18.0 Å². The van der Waals surface area contributed by atoms with Crippen molar-refractivity contribution in [1.29, 1.82) is 0 Å². The van der Waals surface area contributed by atoms with Crippen molar-refractivity contribution in [1.82, 2.24) is 10.6 Å². The highest BCUT2D eigenvalue weighted by Crippen LogP contribution is 2.04. The van der Waals surface area contributed by atoms with E-state index >= 15 is 0 Å². The number of carboxylic acid groups (broad SMARTS) is 1. The van der Waals surface area contributed by atoms with Gasteiger partial charge in [-0.2, -0.15) is 0 Å². The van der Waals surface area contributed by atoms with Crippen LogP contribution < -0.4 is 10.6 Å². The molecule has 0 fully saturated rings. The lowest BCUT2D eigenvalue weighted by Crippen LogP contribution is -2.47. The van der Waals surface area contributed by atoms with Crippen molar-refractivity contribution < 1.29 is 23.1 Å². The first-order valence-corrected chi connectivity index (χ1v) is 7.62. The minimum absolute atomic E-state index is 0.0430. The largest absolute Gasteiger partial charge is 0.480 e. The Bertz CT molecular complexity index is 391. The monoisotopic (exact) mass is 280 g/mol. The summed E-state index contributed by atoms with van der Waals surface area (Å²) in [5, 5.41) is 13.5. The predicted molar refractivity (Wildman–Crippen MR) is 67.1 cm³/mol. The van der Waals surface area contributed by atoms with Gasteiger partial charge in [0.15, 0.2) is 0 Å². The third kappa shape index (κ3) is 8.80. The van der Waals surface area contributed by atoms with E-state index < -0.39 is 27.9 Å². The molecule has 0 aromatic rings. The van der Waals surface area contributed by atoms with Gasteiger partial charge in [-0.05, 0) is 12.3 Å². The van der Waals surface area contributed by atoms with E-state index in [9.17, 15) is 18.0 Å². The summed E-state index contributed by atoms with van der Waals surface area (Å²) in [6.45, 7) is 3.65. The summed E-state index contributed by atoms with van der Waals surface area (Å²) in [5.74, 6) is -1.16. The summed E-state index contributed by atoms with van der Waals surface area (Å²) in [6.07, 6.45) is 1.38. The fraction of sp³-hybridized carbons (Fsp3) is 0.800. The summed E-state index contributed by atoms with van der Waals surface area (Å²) >= 11 is 0. The number of nitrogens with one attached hydrogen (secondary N) is 2. The Morgan fingerprint density at radius 1 is 1.28 bits per heavy atom. The number of carbonyl (C=O) groups excluding carboxylic acids is 1. The molecule has 0 aliphatic rings. The average Bonchev–Trinajstić information content (AvgIpc) is 2.13. The molecule has 0 aromatic heterocycles. The number of urea groups is 1. The summed E-state index contributed by atoms with van der Waals surface area (Å²) in [6, 6.07) is -1.64. The van der Waals surface area contributed by atoms with E-state index in [0.717, 1.165) is 6.26 Å². The lowest BCUT2D eigenvalue weighted by atomic mass is 10.0. The van der Waals surface area contributed by atoms with Crippen molar-refractivity contribution in [3.05, 3.63) is 0 Å². The predicted octanol–water partition coefficient (Wildman–Crippen LogP) is -0.170. The molecule has 0 radical (unpaired) electrons. The maximum absolute atomic E-state index is 11.3. The Morgan fingerprint density at radius 3 is 2.22 bits per heavy atom. The SMILES string of the molecule is CC(C)C[C@@H](NC(=O)NCCS(C)(=O)=O)C(=O)O. The van der Waals surface area contributed by atoms with E-state index in [1.165, 1.54) is 0 Å². The number of amides is 2. The van der Waals surface area contributed by atoms with Gasteiger partial charge in [0.2, 0.25) is 0 Å². The molecule has 8 heteroatoms. The molecule has 3 N–H and O–H groups in total. The summed E-state index contributed by atoms with van der Waals surface area (Å²) in [4.78, 5) is 22.2. The van der Waals surface area contributed by atoms with Gasteiger partial charge in [0.1, 0.15) is 15.9 Å². The second-order valence-corrected chi connectivity index (χ2v) is 6.81. The van der Waals surface area contributed by atoms with Crippen molar-refractivity contribution in [3.8, 4) is 0 Å². The van der Waals surface area contributed by atoms with Gasteiger partial charge in [-0.1, -0.05) is 13.8 Å². The molecule has 0 rings (SSSR count). The Kier molecular flexibility index (Phi) is 6.67. The fourth-order valence-electron chi connectivity index (χ4n) is 1.25. The van der Waals surface area contributed by atoms with Crippen molar-refractivity contribution in [2.45, 2.75) is 26.3 Å². The molecular weight excluding hydrogens is 260 g/mol. The van der Waals surface area contributed by atoms with E-state index in [-0.39, 0.29) is 18.2 Å². The van der Waals surface area contributed by atoms with Gasteiger partial charge in [0, 0.05) is 12.8 Å². The molecule has 0 aliphatic carbocycles. The minimum atomic E-state index is -3.14. The topological polar surface area (TPSA) is 113 Å². The number of hydrogen-bond acceptors (Lipinski definition) is 4. The van der Waals surface area contributed by atoms with Gasteiger partial charge >= 0.3 is 12.0 Å². The van der Waals surface area contributed by atoms with E-state index in [1.807, 2.05) is 13.8 Å². The van der Waals surface area contributed by atoms with Gasteiger partial charge in [-0.3, -0.25) is 0 Å². The van der Waals surface area contributed by atoms with Crippen LogP contribution in [0.3, 0.4) is 0 Å². The number of carbonyl (C=O) groups is 2. The van der Waals surface area contributed by atoms with Crippen molar-refractivity contribution >= 4 is 21.8 Å². The van der Waals surface area contributed by atoms with Gasteiger partial charge < -0.3 is 15.7 Å². The first kappa shape index (κ1) is 16.7. The van der Waals surface area contributed by atoms with E-state index in [2.05, 4.69) is 10.6 Å². The highest BCUT2D eigenvalue weighted by molar-refractivity contribution is 7.90. The number of rotatable bonds is 7. The van der Waals surface area contributed by atoms with Crippen LogP contribution >= 0.6 is 0 Å². The number of carboxylic acids is 1. The molecule has 0 unspecified atom stereocenters. The van der Waals surface area contributed by atoms with Crippen LogP contribution in [-0.2, 0) is 14.6 Å². The van der Waals surface area contributed by atoms with Crippen LogP contribution in [0.25, 0.3) is 0 Å². The molecule has 0 heterocycles. The van der Waals surface area contributed by atoms with Crippen LogP contribution in [-0.4, -0.2) is 50.1 Å². The standard InChI is InChI=1S/C10H20N2O5S/c1-7(2)6-8(9(13)14)12-10(15)11-4-5-18(3,16)17/h7-8H,4-6H2,1-3H3,(H,13,14)(H2,11,12,15)/t8-/m1/s1. The third-order valence-electron chi connectivity index (χ3n) is 2.07. The van der Waals surface area contributed by atoms with E-state index in [4.69, 9.17) is 5.11 Å². The molecule has 18 heavy (non-hydrogen) atoms. The third-order valence-corrected chi connectivity index (χ3v) is 3.01. The number of hydrogen-bond donors (Lipinski definition) is 3. The second kappa shape index (κ2) is 7.20. The molecule has 0 aliphatic heterocycles. The summed E-state index contributed by atoms with van der Waals surface area (Å²) < 4.78 is 21.6. The van der Waals surface area contributed by atoms with Crippen LogP contribution in [0.1, 0.15) is 20.3 Å². The lowest BCUT2D eigenvalue weighted by molar-refractivity contribution is -0.139. The molecule has 0 bridgehead atoms. The molecular formula is C10H20N2O5S. The van der Waals surface area contributed by atoms with E-state index in [1.54, 1.807) is 0 Å². The highest BCUT2D eigenvalue weighted by Gasteiger charge is 2.20. The zero-order valence-electron chi connectivity index (χ0n) is 10.8. The minimum Gasteiger partial charge on any atom is -0.480 e. The number of aliphatic carboxylic acids is 1. The zero-order valence-corrected chi connectivity index (χ0v) is 11.6. The van der Waals surface area contributed by atoms with Crippen molar-refractivity contribution in [3.63, 3.8) is 0 Å². The quantitative estimate of drug-likeness (QED) is 0.599. The highest BCUT2D eigenvalue weighted by atomic mass is 32.2. The summed E-state index contributed by atoms with van der Waals surface area (Å²) in [7, 11) is -3.14. The van der Waals surface area contributed by atoms with Crippen LogP contribution in [0.15, 0.2) is 0 Å². The van der Waals surface area contributed by atoms with Crippen LogP contribution in [0.2, 0.25) is 0 Å². The molecule has 0 aromatic carbocycles. The van der Waals surface area contributed by atoms with Crippen LogP contribution in [0, 0.1) is 5.92 Å². The first-order valence-electron chi connectivity index (χ1n) is 5.56. The summed E-state index contributed by atoms with van der Waals surface area (Å²) in [5.41, 5.74) is 0. The molecule has 1 atom stereocenters. The second-order valence-electron chi connectivity index (χ2n) is 4.55. The molecule has 0 saturated carbocycles. The smallest absolute Gasteiger partial charge is 0.326 e. The Labute approximate surface area is 107 Å². The Hall–Kier alpha value is -1.31. The maximum atomic E-state index is 11.3. The van der Waals surface area contributed by atoms with Crippen molar-refractivity contribution in [2.24, 2.45) is 5.92 Å². The van der Waals surface area contributed by atoms with Crippen LogP contribution in [0.5, 0.6) is 0 Å². The first-order chi connectivity index (χ1) is 8.11. The fourth-order valence-corrected chi connectivity index (χ4v) is 1.72. The normalized spacial score (nSPS) is 13.1. The average molecular weight is 280 g/mol.